The highest BCUT2D eigenvalue weighted by Gasteiger charge is 2.19. The average molecular weight is 260 g/mol. The molecule has 0 saturated heterocycles. The van der Waals surface area contributed by atoms with Gasteiger partial charge in [0.2, 0.25) is 5.09 Å². The van der Waals surface area contributed by atoms with Gasteiger partial charge in [0, 0.05) is 6.04 Å². The van der Waals surface area contributed by atoms with E-state index in [4.69, 9.17) is 4.42 Å². The zero-order valence-electron chi connectivity index (χ0n) is 9.98. The van der Waals surface area contributed by atoms with E-state index in [-0.39, 0.29) is 16.9 Å². The Kier molecular flexibility index (Phi) is 4.30. The predicted octanol–water partition coefficient (Wildman–Crippen LogP) is 0.716. The summed E-state index contributed by atoms with van der Waals surface area (Å²) in [5.74, 6) is -0.434. The molecule has 0 fully saturated rings. The third-order valence-electron chi connectivity index (χ3n) is 2.33. The van der Waals surface area contributed by atoms with E-state index in [1.54, 1.807) is 0 Å². The Balaban J connectivity index is 2.85. The number of hydrogen-bond acceptors (Lipinski definition) is 4. The molecule has 1 amide bonds. The minimum Gasteiger partial charge on any atom is -0.438 e. The molecule has 96 valence electrons. The van der Waals surface area contributed by atoms with Crippen molar-refractivity contribution in [2.45, 2.75) is 31.4 Å². The molecular weight excluding hydrogens is 244 g/mol. The fourth-order valence-electron chi connectivity index (χ4n) is 1.08. The maximum absolute atomic E-state index is 11.6. The molecule has 7 heteroatoms. The molecule has 0 radical (unpaired) electrons. The Hall–Kier alpha value is -1.34. The molecule has 1 unspecified atom stereocenters. The van der Waals surface area contributed by atoms with Crippen LogP contribution in [0.5, 0.6) is 0 Å². The summed E-state index contributed by atoms with van der Waals surface area (Å²) in [6, 6.07) is 2.59. The number of carbonyl (C=O) groups excluding carboxylic acids is 1. The van der Waals surface area contributed by atoms with E-state index in [0.717, 1.165) is 6.42 Å². The molecule has 0 aliphatic carbocycles. The fourth-order valence-corrected chi connectivity index (χ4v) is 1.73. The van der Waals surface area contributed by atoms with Gasteiger partial charge >= 0.3 is 0 Å². The lowest BCUT2D eigenvalue weighted by molar-refractivity contribution is 0.0906. The summed E-state index contributed by atoms with van der Waals surface area (Å²) in [6.07, 6.45) is 0.786. The summed E-state index contributed by atoms with van der Waals surface area (Å²) in [4.78, 5) is 11.6. The standard InChI is InChI=1S/C10H16N2O4S/c1-4-7(2)12-10(13)8-5-6-9(16-8)17(14,15)11-3/h5-7,11H,4H2,1-3H3,(H,12,13). The molecule has 0 bridgehead atoms. The molecule has 0 saturated carbocycles. The molecule has 17 heavy (non-hydrogen) atoms. The first-order valence-corrected chi connectivity index (χ1v) is 6.73. The normalized spacial score (nSPS) is 13.4. The van der Waals surface area contributed by atoms with E-state index in [9.17, 15) is 13.2 Å². The smallest absolute Gasteiger partial charge is 0.287 e. The van der Waals surface area contributed by atoms with E-state index in [1.807, 2.05) is 13.8 Å². The van der Waals surface area contributed by atoms with Crippen LogP contribution in [0.3, 0.4) is 0 Å². The number of furan rings is 1. The van der Waals surface area contributed by atoms with Gasteiger partial charge in [-0.3, -0.25) is 4.79 Å². The predicted molar refractivity (Wildman–Crippen MR) is 62.2 cm³/mol. The van der Waals surface area contributed by atoms with Crippen molar-refractivity contribution < 1.29 is 17.6 Å². The Labute approximate surface area is 100 Å². The van der Waals surface area contributed by atoms with Crippen molar-refractivity contribution in [3.63, 3.8) is 0 Å². The van der Waals surface area contributed by atoms with Crippen LogP contribution in [-0.2, 0) is 10.0 Å². The molecule has 0 spiro atoms. The van der Waals surface area contributed by atoms with Crippen molar-refractivity contribution in [2.24, 2.45) is 0 Å². The first-order chi connectivity index (χ1) is 7.90. The van der Waals surface area contributed by atoms with E-state index >= 15 is 0 Å². The third kappa shape index (κ3) is 3.31. The number of amides is 1. The van der Waals surface area contributed by atoms with Crippen molar-refractivity contribution in [3.8, 4) is 0 Å². The minimum atomic E-state index is -3.64. The molecular formula is C10H16N2O4S. The van der Waals surface area contributed by atoms with Crippen LogP contribution < -0.4 is 10.0 Å². The highest BCUT2D eigenvalue weighted by Crippen LogP contribution is 2.13. The van der Waals surface area contributed by atoms with Gasteiger partial charge in [-0.25, -0.2) is 13.1 Å². The van der Waals surface area contributed by atoms with Gasteiger partial charge in [0.25, 0.3) is 15.9 Å². The fraction of sp³-hybridized carbons (Fsp3) is 0.500. The molecule has 6 nitrogen and oxygen atoms in total. The quantitative estimate of drug-likeness (QED) is 0.816. The van der Waals surface area contributed by atoms with Gasteiger partial charge in [-0.05, 0) is 32.5 Å². The largest absolute Gasteiger partial charge is 0.438 e. The molecule has 2 N–H and O–H groups in total. The van der Waals surface area contributed by atoms with Gasteiger partial charge < -0.3 is 9.73 Å². The summed E-state index contributed by atoms with van der Waals surface area (Å²) >= 11 is 0. The summed E-state index contributed by atoms with van der Waals surface area (Å²) < 4.78 is 29.8. The lowest BCUT2D eigenvalue weighted by atomic mass is 10.2. The van der Waals surface area contributed by atoms with Crippen molar-refractivity contribution in [2.75, 3.05) is 7.05 Å². The maximum Gasteiger partial charge on any atom is 0.287 e. The summed E-state index contributed by atoms with van der Waals surface area (Å²) in [5.41, 5.74) is 0. The lowest BCUT2D eigenvalue weighted by Crippen LogP contribution is -2.31. The highest BCUT2D eigenvalue weighted by atomic mass is 32.2. The van der Waals surface area contributed by atoms with Gasteiger partial charge in [-0.15, -0.1) is 0 Å². The van der Waals surface area contributed by atoms with Crippen LogP contribution in [0.25, 0.3) is 0 Å². The number of hydrogen-bond donors (Lipinski definition) is 2. The van der Waals surface area contributed by atoms with Crippen LogP contribution >= 0.6 is 0 Å². The Morgan fingerprint density at radius 2 is 2.12 bits per heavy atom. The van der Waals surface area contributed by atoms with Crippen molar-refractivity contribution in [1.29, 1.82) is 0 Å². The van der Waals surface area contributed by atoms with Gasteiger partial charge in [-0.1, -0.05) is 6.92 Å². The first kappa shape index (κ1) is 13.7. The SMILES string of the molecule is CCC(C)NC(=O)c1ccc(S(=O)(=O)NC)o1. The molecule has 1 rings (SSSR count). The van der Waals surface area contributed by atoms with Crippen LogP contribution in [0.1, 0.15) is 30.8 Å². The summed E-state index contributed by atoms with van der Waals surface area (Å²) in [5, 5.41) is 2.41. The zero-order valence-corrected chi connectivity index (χ0v) is 10.8. The van der Waals surface area contributed by atoms with Crippen LogP contribution in [0, 0.1) is 0 Å². The molecule has 1 heterocycles. The Morgan fingerprint density at radius 1 is 1.47 bits per heavy atom. The van der Waals surface area contributed by atoms with Gasteiger partial charge in [0.1, 0.15) is 0 Å². The first-order valence-electron chi connectivity index (χ1n) is 5.25. The molecule has 0 aliphatic heterocycles. The molecule has 1 aromatic heterocycles. The van der Waals surface area contributed by atoms with Gasteiger partial charge in [0.05, 0.1) is 0 Å². The van der Waals surface area contributed by atoms with E-state index in [2.05, 4.69) is 10.0 Å². The van der Waals surface area contributed by atoms with Gasteiger partial charge in [-0.2, -0.15) is 0 Å². The van der Waals surface area contributed by atoms with Crippen LogP contribution in [0.2, 0.25) is 0 Å². The lowest BCUT2D eigenvalue weighted by Gasteiger charge is -2.09. The highest BCUT2D eigenvalue weighted by molar-refractivity contribution is 7.89. The van der Waals surface area contributed by atoms with Crippen LogP contribution in [0.4, 0.5) is 0 Å². The zero-order chi connectivity index (χ0) is 13.1. The van der Waals surface area contributed by atoms with Gasteiger partial charge in [0.15, 0.2) is 5.76 Å². The summed E-state index contributed by atoms with van der Waals surface area (Å²) in [7, 11) is -2.37. The van der Waals surface area contributed by atoms with E-state index in [0.29, 0.717) is 0 Å². The second kappa shape index (κ2) is 5.33. The molecule has 1 atom stereocenters. The molecule has 0 aromatic carbocycles. The van der Waals surface area contributed by atoms with Crippen molar-refractivity contribution >= 4 is 15.9 Å². The molecule has 0 aliphatic rings. The minimum absolute atomic E-state index is 0.0111. The maximum atomic E-state index is 11.6. The monoisotopic (exact) mass is 260 g/mol. The number of sulfonamides is 1. The van der Waals surface area contributed by atoms with Crippen LogP contribution in [0.15, 0.2) is 21.6 Å². The average Bonchev–Trinajstić information content (AvgIpc) is 2.78. The van der Waals surface area contributed by atoms with Crippen molar-refractivity contribution in [3.05, 3.63) is 17.9 Å². The second-order valence-electron chi connectivity index (χ2n) is 3.61. The Morgan fingerprint density at radius 3 is 2.65 bits per heavy atom. The number of carbonyl (C=O) groups is 1. The van der Waals surface area contributed by atoms with E-state index < -0.39 is 15.9 Å². The van der Waals surface area contributed by atoms with Crippen LogP contribution in [-0.4, -0.2) is 27.4 Å². The number of nitrogens with one attached hydrogen (secondary N) is 2. The molecule has 1 aromatic rings. The topological polar surface area (TPSA) is 88.4 Å². The second-order valence-corrected chi connectivity index (χ2v) is 5.43. The summed E-state index contributed by atoms with van der Waals surface area (Å²) in [6.45, 7) is 3.79. The van der Waals surface area contributed by atoms with E-state index in [1.165, 1.54) is 19.2 Å². The third-order valence-corrected chi connectivity index (χ3v) is 3.62. The van der Waals surface area contributed by atoms with Crippen molar-refractivity contribution in [1.82, 2.24) is 10.0 Å². The number of rotatable bonds is 5. The Bertz CT molecular complexity index is 492.